The highest BCUT2D eigenvalue weighted by Gasteiger charge is 2.53. The van der Waals surface area contributed by atoms with E-state index in [1.165, 1.54) is 0 Å². The van der Waals surface area contributed by atoms with E-state index in [1.807, 2.05) is 0 Å². The maximum Gasteiger partial charge on any atom is 0.337 e. The van der Waals surface area contributed by atoms with Crippen molar-refractivity contribution in [2.75, 3.05) is 19.5 Å². The molecule has 1 saturated heterocycles. The molecule has 0 amide bonds. The molecule has 0 radical (unpaired) electrons. The first-order valence-electron chi connectivity index (χ1n) is 9.74. The molecule has 1 fully saturated rings. The van der Waals surface area contributed by atoms with Crippen molar-refractivity contribution in [2.45, 2.75) is 58.4 Å². The summed E-state index contributed by atoms with van der Waals surface area (Å²) in [5.41, 5.74) is -0.0677. The van der Waals surface area contributed by atoms with Gasteiger partial charge in [0.15, 0.2) is 12.2 Å². The van der Waals surface area contributed by atoms with Gasteiger partial charge in [0.25, 0.3) is 0 Å². The van der Waals surface area contributed by atoms with Crippen molar-refractivity contribution >= 4 is 41.6 Å². The molecule has 0 N–H and O–H groups in total. The van der Waals surface area contributed by atoms with Gasteiger partial charge in [0.1, 0.15) is 18.1 Å². The first-order valence-corrected chi connectivity index (χ1v) is 10.7. The SMILES string of the molecule is COC(=O)/C(=C\O[C@@H]1O[C@H](COC(C)=O)[C@@H](OC(C)=O)[C@H](OC(C)=O)[C@H]1OC(C)=O)CSC#N. The molecule has 34 heavy (non-hydrogen) atoms. The number of nitriles is 1. The van der Waals surface area contributed by atoms with Gasteiger partial charge >= 0.3 is 29.8 Å². The van der Waals surface area contributed by atoms with Gasteiger partial charge in [-0.25, -0.2) is 4.79 Å². The molecule has 0 aromatic heterocycles. The normalized spacial score (nSPS) is 24.1. The highest BCUT2D eigenvalue weighted by atomic mass is 32.2. The zero-order chi connectivity index (χ0) is 25.8. The third kappa shape index (κ3) is 9.28. The predicted octanol–water partition coefficient (Wildman–Crippen LogP) is 0.357. The highest BCUT2D eigenvalue weighted by molar-refractivity contribution is 8.03. The summed E-state index contributed by atoms with van der Waals surface area (Å²) in [4.78, 5) is 58.6. The van der Waals surface area contributed by atoms with E-state index in [2.05, 4.69) is 4.74 Å². The Morgan fingerprint density at radius 2 is 1.47 bits per heavy atom. The molecule has 0 spiro atoms. The minimum absolute atomic E-state index is 0.0677. The summed E-state index contributed by atoms with van der Waals surface area (Å²) in [5.74, 6) is -3.96. The van der Waals surface area contributed by atoms with Crippen LogP contribution in [0.1, 0.15) is 27.7 Å². The molecule has 14 heteroatoms. The van der Waals surface area contributed by atoms with E-state index >= 15 is 0 Å². The van der Waals surface area contributed by atoms with Crippen LogP contribution in [0.4, 0.5) is 0 Å². The minimum atomic E-state index is -1.51. The summed E-state index contributed by atoms with van der Waals surface area (Å²) in [7, 11) is 1.13. The molecule has 5 atom stereocenters. The van der Waals surface area contributed by atoms with Crippen molar-refractivity contribution in [3.8, 4) is 5.40 Å². The van der Waals surface area contributed by atoms with Crippen molar-refractivity contribution in [1.29, 1.82) is 5.26 Å². The molecule has 1 heterocycles. The number of rotatable bonds is 10. The second-order valence-corrected chi connectivity index (χ2v) is 7.48. The largest absolute Gasteiger partial charge is 0.468 e. The van der Waals surface area contributed by atoms with Crippen molar-refractivity contribution in [3.05, 3.63) is 11.8 Å². The standard InChI is InChI=1S/C20H25NO12S/c1-10(22)28-7-15-16(30-11(2)23)17(31-12(3)24)18(32-13(4)25)20(33-15)29-6-14(8-34-9-21)19(26)27-5/h6,15-18,20H,7-8H2,1-5H3/b14-6-/t15-,16-,17+,18-,20-/m1/s1. The van der Waals surface area contributed by atoms with Crippen LogP contribution < -0.4 is 0 Å². The van der Waals surface area contributed by atoms with E-state index in [0.29, 0.717) is 0 Å². The van der Waals surface area contributed by atoms with Crippen LogP contribution in [-0.2, 0) is 57.1 Å². The molecule has 0 aliphatic carbocycles. The van der Waals surface area contributed by atoms with Crippen molar-refractivity contribution in [1.82, 2.24) is 0 Å². The summed E-state index contributed by atoms with van der Waals surface area (Å²) >= 11 is 0.732. The number of nitrogens with zero attached hydrogens (tertiary/aromatic N) is 1. The van der Waals surface area contributed by atoms with E-state index in [-0.39, 0.29) is 11.3 Å². The fourth-order valence-corrected chi connectivity index (χ4v) is 3.24. The number of hydrogen-bond acceptors (Lipinski definition) is 14. The number of carbonyl (C=O) groups is 5. The van der Waals surface area contributed by atoms with Gasteiger partial charge in [0, 0.05) is 33.4 Å². The Balaban J connectivity index is 3.42. The zero-order valence-corrected chi connectivity index (χ0v) is 19.9. The topological polar surface area (TPSA) is 174 Å². The fourth-order valence-electron chi connectivity index (χ4n) is 2.83. The van der Waals surface area contributed by atoms with Crippen LogP contribution in [0.15, 0.2) is 11.8 Å². The van der Waals surface area contributed by atoms with E-state index < -0.39 is 67.2 Å². The summed E-state index contributed by atoms with van der Waals surface area (Å²) < 4.78 is 36.6. The molecule has 1 aliphatic heterocycles. The molecule has 0 unspecified atom stereocenters. The van der Waals surface area contributed by atoms with Crippen molar-refractivity contribution in [3.63, 3.8) is 0 Å². The average molecular weight is 503 g/mol. The van der Waals surface area contributed by atoms with Crippen molar-refractivity contribution < 1.29 is 57.1 Å². The Morgan fingerprint density at radius 3 is 1.97 bits per heavy atom. The van der Waals surface area contributed by atoms with Crippen LogP contribution in [-0.4, -0.2) is 80.0 Å². The summed E-state index contributed by atoms with van der Waals surface area (Å²) in [5, 5.41) is 10.6. The molecular formula is C20H25NO12S. The number of methoxy groups -OCH3 is 1. The van der Waals surface area contributed by atoms with Gasteiger partial charge in [0.2, 0.25) is 12.4 Å². The van der Waals surface area contributed by atoms with Crippen LogP contribution in [0.5, 0.6) is 0 Å². The lowest BCUT2D eigenvalue weighted by molar-refractivity contribution is -0.297. The van der Waals surface area contributed by atoms with E-state index in [9.17, 15) is 24.0 Å². The van der Waals surface area contributed by atoms with Crippen LogP contribution in [0, 0.1) is 10.7 Å². The summed E-state index contributed by atoms with van der Waals surface area (Å²) in [6.45, 7) is 3.95. The molecule has 1 rings (SSSR count). The Labute approximate surface area is 199 Å². The molecular weight excluding hydrogens is 478 g/mol. The van der Waals surface area contributed by atoms with Crippen LogP contribution >= 0.6 is 11.8 Å². The maximum absolute atomic E-state index is 12.0. The zero-order valence-electron chi connectivity index (χ0n) is 19.1. The number of thiocyanates is 1. The monoisotopic (exact) mass is 503 g/mol. The second-order valence-electron chi connectivity index (χ2n) is 6.72. The first kappa shape index (κ1) is 28.7. The number of ether oxygens (including phenoxy) is 7. The quantitative estimate of drug-likeness (QED) is 0.131. The van der Waals surface area contributed by atoms with Gasteiger partial charge in [0.05, 0.1) is 18.9 Å². The Bertz CT molecular complexity index is 851. The average Bonchev–Trinajstić information content (AvgIpc) is 2.74. The summed E-state index contributed by atoms with van der Waals surface area (Å²) in [6, 6.07) is 0. The minimum Gasteiger partial charge on any atom is -0.468 e. The lowest BCUT2D eigenvalue weighted by Gasteiger charge is -2.43. The van der Waals surface area contributed by atoms with E-state index in [4.69, 9.17) is 33.7 Å². The lowest BCUT2D eigenvalue weighted by Crippen LogP contribution is -2.62. The number of carbonyl (C=O) groups excluding carboxylic acids is 5. The van der Waals surface area contributed by atoms with E-state index in [1.54, 1.807) is 5.40 Å². The Kier molecular flexibility index (Phi) is 11.9. The molecule has 0 saturated carbocycles. The number of thioether (sulfide) groups is 1. The Morgan fingerprint density at radius 1 is 0.912 bits per heavy atom. The fraction of sp³-hybridized carbons (Fsp3) is 0.600. The van der Waals surface area contributed by atoms with Crippen LogP contribution in [0.25, 0.3) is 0 Å². The van der Waals surface area contributed by atoms with Crippen molar-refractivity contribution in [2.24, 2.45) is 0 Å². The molecule has 1 aliphatic rings. The van der Waals surface area contributed by atoms with Gasteiger partial charge in [-0.3, -0.25) is 19.2 Å². The lowest BCUT2D eigenvalue weighted by atomic mass is 9.98. The van der Waals surface area contributed by atoms with Gasteiger partial charge in [-0.15, -0.1) is 0 Å². The predicted molar refractivity (Wildman–Crippen MR) is 111 cm³/mol. The van der Waals surface area contributed by atoms with Gasteiger partial charge in [-0.1, -0.05) is 0 Å². The third-order valence-corrected chi connectivity index (χ3v) is 4.62. The van der Waals surface area contributed by atoms with Gasteiger partial charge < -0.3 is 33.2 Å². The number of hydrogen-bond donors (Lipinski definition) is 0. The summed E-state index contributed by atoms with van der Waals surface area (Å²) in [6.07, 6.45) is -6.00. The second kappa shape index (κ2) is 14.1. The van der Waals surface area contributed by atoms with Crippen LogP contribution in [0.3, 0.4) is 0 Å². The molecule has 0 bridgehead atoms. The van der Waals surface area contributed by atoms with Crippen LogP contribution in [0.2, 0.25) is 0 Å². The van der Waals surface area contributed by atoms with Gasteiger partial charge in [-0.05, 0) is 11.8 Å². The molecule has 0 aromatic rings. The first-order chi connectivity index (χ1) is 16.0. The van der Waals surface area contributed by atoms with E-state index in [0.717, 1.165) is 52.8 Å². The molecule has 188 valence electrons. The molecule has 0 aromatic carbocycles. The highest BCUT2D eigenvalue weighted by Crippen LogP contribution is 2.30. The number of esters is 5. The smallest absolute Gasteiger partial charge is 0.337 e. The maximum atomic E-state index is 12.0. The Hall–Kier alpha value is -3.31. The van der Waals surface area contributed by atoms with Gasteiger partial charge in [-0.2, -0.15) is 5.26 Å². The molecule has 13 nitrogen and oxygen atoms in total. The third-order valence-electron chi connectivity index (χ3n) is 4.03.